The number of rotatable bonds is 31. The molecule has 0 aromatic carbocycles. The van der Waals surface area contributed by atoms with Gasteiger partial charge in [-0.3, -0.25) is 4.79 Å². The number of aliphatic hydroxyl groups excluding tert-OH is 2. The number of carbonyl (C=O) groups excluding carboxylic acids is 1. The molecule has 0 aliphatic rings. The zero-order valence-corrected chi connectivity index (χ0v) is 29.1. The highest BCUT2D eigenvalue weighted by molar-refractivity contribution is 5.76. The number of hydrogen-bond acceptors (Lipinski definition) is 3. The summed E-state index contributed by atoms with van der Waals surface area (Å²) in [4.78, 5) is 12.2. The molecule has 0 spiro atoms. The average Bonchev–Trinajstić information content (AvgIpc) is 3.04. The second-order valence-corrected chi connectivity index (χ2v) is 11.9. The Bertz CT molecular complexity index is 849. The third-order valence-electron chi connectivity index (χ3n) is 7.67. The summed E-state index contributed by atoms with van der Waals surface area (Å²) in [5.74, 6) is -0.0579. The van der Waals surface area contributed by atoms with Crippen LogP contribution < -0.4 is 5.32 Å². The van der Waals surface area contributed by atoms with Crippen molar-refractivity contribution in [2.24, 2.45) is 0 Å². The Morgan fingerprint density at radius 1 is 0.556 bits per heavy atom. The molecule has 3 N–H and O–H groups in total. The lowest BCUT2D eigenvalue weighted by molar-refractivity contribution is -0.123. The Kier molecular flexibility index (Phi) is 34.1. The van der Waals surface area contributed by atoms with Gasteiger partial charge in [-0.15, -0.1) is 0 Å². The molecule has 2 unspecified atom stereocenters. The van der Waals surface area contributed by atoms with Crippen molar-refractivity contribution in [2.75, 3.05) is 6.61 Å². The first-order valence-electron chi connectivity index (χ1n) is 18.3. The van der Waals surface area contributed by atoms with Gasteiger partial charge in [0.05, 0.1) is 18.8 Å². The van der Waals surface area contributed by atoms with E-state index in [1.165, 1.54) is 25.7 Å². The quantitative estimate of drug-likeness (QED) is 0.0531. The molecule has 0 fully saturated rings. The molecule has 256 valence electrons. The van der Waals surface area contributed by atoms with Crippen molar-refractivity contribution in [1.29, 1.82) is 0 Å². The lowest BCUT2D eigenvalue weighted by Crippen LogP contribution is -2.45. The maximum atomic E-state index is 12.2. The second kappa shape index (κ2) is 36.0. The van der Waals surface area contributed by atoms with E-state index in [1.54, 1.807) is 0 Å². The van der Waals surface area contributed by atoms with Crippen LogP contribution in [0.5, 0.6) is 0 Å². The van der Waals surface area contributed by atoms with Crippen LogP contribution in [0, 0.1) is 0 Å². The summed E-state index contributed by atoms with van der Waals surface area (Å²) in [6.07, 6.45) is 52.5. The molecule has 0 saturated heterocycles. The van der Waals surface area contributed by atoms with Crippen LogP contribution in [0.25, 0.3) is 0 Å². The minimum atomic E-state index is -0.665. The standard InChI is InChI=1S/C41H69NO3/c1-3-5-7-9-10-11-12-13-14-15-16-17-18-19-20-21-22-23-24-25-26-27-28-29-30-31-32-33-35-37-41(45)42-39(38-43)40(44)36-34-8-6-4-2/h5,7,10-11,13-14,16-17,19-20,22-23,25-26,39-40,43-44H,3-4,6,8-9,12,15,18,21,24,27-38H2,1-2H3,(H,42,45)/b7-5-,11-10-,14-13-,17-16-,20-19-,23-22-,26-25-. The van der Waals surface area contributed by atoms with Crippen LogP contribution in [0.3, 0.4) is 0 Å². The molecule has 0 bridgehead atoms. The molecule has 0 aromatic heterocycles. The van der Waals surface area contributed by atoms with Gasteiger partial charge < -0.3 is 15.5 Å². The number of nitrogens with one attached hydrogen (secondary N) is 1. The first-order valence-corrected chi connectivity index (χ1v) is 18.3. The third-order valence-corrected chi connectivity index (χ3v) is 7.67. The van der Waals surface area contributed by atoms with Crippen LogP contribution in [-0.4, -0.2) is 34.9 Å². The smallest absolute Gasteiger partial charge is 0.220 e. The number of allylic oxidation sites excluding steroid dienone is 14. The predicted octanol–water partition coefficient (Wildman–Crippen LogP) is 10.9. The number of unbranched alkanes of at least 4 members (excludes halogenated alkanes) is 10. The van der Waals surface area contributed by atoms with Gasteiger partial charge in [0, 0.05) is 6.42 Å². The van der Waals surface area contributed by atoms with Gasteiger partial charge in [0.1, 0.15) is 0 Å². The van der Waals surface area contributed by atoms with Crippen molar-refractivity contribution in [3.8, 4) is 0 Å². The highest BCUT2D eigenvalue weighted by atomic mass is 16.3. The van der Waals surface area contributed by atoms with Crippen LogP contribution >= 0.6 is 0 Å². The van der Waals surface area contributed by atoms with Crippen molar-refractivity contribution in [3.63, 3.8) is 0 Å². The van der Waals surface area contributed by atoms with E-state index >= 15 is 0 Å². The minimum absolute atomic E-state index is 0.0579. The van der Waals surface area contributed by atoms with Gasteiger partial charge in [-0.2, -0.15) is 0 Å². The van der Waals surface area contributed by atoms with Gasteiger partial charge in [-0.1, -0.05) is 157 Å². The first kappa shape index (κ1) is 42.6. The molecule has 1 amide bonds. The fourth-order valence-electron chi connectivity index (χ4n) is 4.87. The van der Waals surface area contributed by atoms with Crippen LogP contribution in [-0.2, 0) is 4.79 Å². The third kappa shape index (κ3) is 32.8. The molecule has 0 rings (SSSR count). The zero-order valence-electron chi connectivity index (χ0n) is 29.1. The number of hydrogen-bond donors (Lipinski definition) is 3. The molecule has 45 heavy (non-hydrogen) atoms. The monoisotopic (exact) mass is 624 g/mol. The normalized spacial score (nSPS) is 14.1. The van der Waals surface area contributed by atoms with Crippen molar-refractivity contribution in [2.45, 2.75) is 161 Å². The van der Waals surface area contributed by atoms with Crippen LogP contribution in [0.2, 0.25) is 0 Å². The van der Waals surface area contributed by atoms with Gasteiger partial charge in [-0.05, 0) is 70.6 Å². The van der Waals surface area contributed by atoms with Gasteiger partial charge >= 0.3 is 0 Å². The SMILES string of the molecule is CC/C=C\C/C=C\C/C=C\C/C=C\C/C=C\C/C=C\C/C=C\CCCCCCCCCC(=O)NC(CO)C(O)CCCCCC. The van der Waals surface area contributed by atoms with E-state index in [4.69, 9.17) is 0 Å². The molecule has 4 heteroatoms. The number of amides is 1. The molecule has 0 aliphatic heterocycles. The Hall–Kier alpha value is -2.43. The van der Waals surface area contributed by atoms with Gasteiger partial charge in [0.25, 0.3) is 0 Å². The van der Waals surface area contributed by atoms with Gasteiger partial charge in [-0.25, -0.2) is 0 Å². The van der Waals surface area contributed by atoms with Crippen LogP contribution in [0.4, 0.5) is 0 Å². The molecule has 0 radical (unpaired) electrons. The molecule has 0 saturated carbocycles. The maximum Gasteiger partial charge on any atom is 0.220 e. The van der Waals surface area contributed by atoms with E-state index in [0.717, 1.165) is 96.3 Å². The molecule has 0 aliphatic carbocycles. The molecule has 0 aromatic rings. The predicted molar refractivity (Wildman–Crippen MR) is 197 cm³/mol. The summed E-state index contributed by atoms with van der Waals surface area (Å²) in [7, 11) is 0. The summed E-state index contributed by atoms with van der Waals surface area (Å²) in [5.41, 5.74) is 0. The topological polar surface area (TPSA) is 69.6 Å². The minimum Gasteiger partial charge on any atom is -0.394 e. The Morgan fingerprint density at radius 2 is 0.978 bits per heavy atom. The zero-order chi connectivity index (χ0) is 32.9. The van der Waals surface area contributed by atoms with Crippen LogP contribution in [0.1, 0.15) is 149 Å². The number of carbonyl (C=O) groups is 1. The fourth-order valence-corrected chi connectivity index (χ4v) is 4.87. The molecular weight excluding hydrogens is 554 g/mol. The van der Waals surface area contributed by atoms with Crippen LogP contribution in [0.15, 0.2) is 85.1 Å². The molecular formula is C41H69NO3. The summed E-state index contributed by atoms with van der Waals surface area (Å²) in [6.45, 7) is 4.11. The summed E-state index contributed by atoms with van der Waals surface area (Å²) in [6, 6.07) is -0.543. The van der Waals surface area contributed by atoms with E-state index in [2.05, 4.69) is 104 Å². The average molecular weight is 624 g/mol. The van der Waals surface area contributed by atoms with Gasteiger partial charge in [0.15, 0.2) is 0 Å². The summed E-state index contributed by atoms with van der Waals surface area (Å²) in [5, 5.41) is 22.6. The molecule has 2 atom stereocenters. The van der Waals surface area contributed by atoms with Crippen molar-refractivity contribution in [3.05, 3.63) is 85.1 Å². The Balaban J connectivity index is 3.59. The number of aliphatic hydroxyl groups is 2. The lowest BCUT2D eigenvalue weighted by Gasteiger charge is -2.22. The maximum absolute atomic E-state index is 12.2. The first-order chi connectivity index (χ1) is 22.2. The van der Waals surface area contributed by atoms with E-state index < -0.39 is 12.1 Å². The second-order valence-electron chi connectivity index (χ2n) is 11.9. The summed E-state index contributed by atoms with van der Waals surface area (Å²) >= 11 is 0. The Morgan fingerprint density at radius 3 is 1.44 bits per heavy atom. The van der Waals surface area contributed by atoms with Gasteiger partial charge in [0.2, 0.25) is 5.91 Å². The highest BCUT2D eigenvalue weighted by Gasteiger charge is 2.19. The van der Waals surface area contributed by atoms with E-state index in [1.807, 2.05) is 0 Å². The van der Waals surface area contributed by atoms with Crippen molar-refractivity contribution < 1.29 is 15.0 Å². The highest BCUT2D eigenvalue weighted by Crippen LogP contribution is 2.12. The van der Waals surface area contributed by atoms with Crippen molar-refractivity contribution >= 4 is 5.91 Å². The largest absolute Gasteiger partial charge is 0.394 e. The summed E-state index contributed by atoms with van der Waals surface area (Å²) < 4.78 is 0. The molecule has 4 nitrogen and oxygen atoms in total. The lowest BCUT2D eigenvalue weighted by atomic mass is 10.0. The van der Waals surface area contributed by atoms with E-state index in [0.29, 0.717) is 12.8 Å². The Labute approximate surface area is 278 Å². The van der Waals surface area contributed by atoms with Crippen molar-refractivity contribution in [1.82, 2.24) is 5.32 Å². The fraction of sp³-hybridized carbons (Fsp3) is 0.634. The van der Waals surface area contributed by atoms with E-state index in [9.17, 15) is 15.0 Å². The molecule has 0 heterocycles. The van der Waals surface area contributed by atoms with E-state index in [-0.39, 0.29) is 12.5 Å².